The Morgan fingerprint density at radius 3 is 2.42 bits per heavy atom. The molecule has 9 heteroatoms. The van der Waals surface area contributed by atoms with Crippen molar-refractivity contribution in [3.8, 4) is 0 Å². The van der Waals surface area contributed by atoms with Gasteiger partial charge in [0, 0.05) is 17.2 Å². The Kier molecular flexibility index (Phi) is 6.86. The number of benzene rings is 2. The molecule has 7 nitrogen and oxygen atoms in total. The summed E-state index contributed by atoms with van der Waals surface area (Å²) in [5.74, 6) is -4.92. The Morgan fingerprint density at radius 2 is 1.79 bits per heavy atom. The van der Waals surface area contributed by atoms with E-state index in [0.717, 1.165) is 5.56 Å². The Hall–Kier alpha value is -4.24. The van der Waals surface area contributed by atoms with E-state index < -0.39 is 41.3 Å². The fourth-order valence-corrected chi connectivity index (χ4v) is 6.12. The second-order valence-electron chi connectivity index (χ2n) is 9.04. The van der Waals surface area contributed by atoms with Gasteiger partial charge in [0.05, 0.1) is 31.4 Å². The highest BCUT2D eigenvalue weighted by atomic mass is 32.1. The van der Waals surface area contributed by atoms with Crippen LogP contribution in [-0.2, 0) is 23.9 Å². The van der Waals surface area contributed by atoms with E-state index in [2.05, 4.69) is 0 Å². The molecule has 0 radical (unpaired) electrons. The molecule has 2 heterocycles. The average Bonchev–Trinajstić information content (AvgIpc) is 3.46. The SMILES string of the molecule is COC(=O)C1=C(N)N(c2cccc(F)c2)C2=C(C(=O)[C@H](C(=O)OC)[C@H](c3ccccc3)C2)[C@H]1c1ccsc1. The standard InChI is InChI=1S/C29H25FN2O5S/c1-36-28(34)23-20(16-7-4-3-5-8-16)14-21-24(26(23)33)22(17-11-12-38-15-17)25(29(35)37-2)27(31)32(21)19-10-6-9-18(30)13-19/h3-13,15,20,22-23H,14,31H2,1-2H3/t20-,22+,23+/m0/s1. The quantitative estimate of drug-likeness (QED) is 0.378. The van der Waals surface area contributed by atoms with Crippen LogP contribution in [0.2, 0.25) is 0 Å². The summed E-state index contributed by atoms with van der Waals surface area (Å²) in [6.07, 6.45) is 0.219. The number of carbonyl (C=O) groups is 3. The maximum Gasteiger partial charge on any atom is 0.338 e. The summed E-state index contributed by atoms with van der Waals surface area (Å²) in [6.45, 7) is 0. The number of nitrogens with two attached hydrogens (primary N) is 1. The molecule has 3 aromatic rings. The number of halogens is 1. The lowest BCUT2D eigenvalue weighted by atomic mass is 9.67. The molecule has 0 saturated carbocycles. The molecule has 5 rings (SSSR count). The molecule has 2 aromatic carbocycles. The van der Waals surface area contributed by atoms with Gasteiger partial charge in [0.1, 0.15) is 17.6 Å². The highest BCUT2D eigenvalue weighted by molar-refractivity contribution is 7.08. The zero-order valence-electron chi connectivity index (χ0n) is 20.7. The second kappa shape index (κ2) is 10.3. The molecule has 0 amide bonds. The van der Waals surface area contributed by atoms with Gasteiger partial charge in [-0.3, -0.25) is 14.5 Å². The molecular formula is C29H25FN2O5S. The Balaban J connectivity index is 1.82. The zero-order chi connectivity index (χ0) is 27.0. The maximum absolute atomic E-state index is 14.4. The van der Waals surface area contributed by atoms with Crippen LogP contribution in [0.15, 0.2) is 94.1 Å². The number of carbonyl (C=O) groups excluding carboxylic acids is 3. The van der Waals surface area contributed by atoms with Crippen LogP contribution in [0.5, 0.6) is 0 Å². The molecule has 0 saturated heterocycles. The Morgan fingerprint density at radius 1 is 1.03 bits per heavy atom. The lowest BCUT2D eigenvalue weighted by Crippen LogP contribution is -2.46. The number of rotatable bonds is 5. The van der Waals surface area contributed by atoms with E-state index in [1.54, 1.807) is 12.1 Å². The highest BCUT2D eigenvalue weighted by Gasteiger charge is 2.51. The Labute approximate surface area is 223 Å². The van der Waals surface area contributed by atoms with Gasteiger partial charge in [-0.1, -0.05) is 36.4 Å². The van der Waals surface area contributed by atoms with Crippen LogP contribution in [0, 0.1) is 11.7 Å². The van der Waals surface area contributed by atoms with Crippen molar-refractivity contribution in [2.24, 2.45) is 11.7 Å². The number of ether oxygens (including phenoxy) is 2. The van der Waals surface area contributed by atoms with Crippen molar-refractivity contribution in [2.45, 2.75) is 18.3 Å². The van der Waals surface area contributed by atoms with Crippen LogP contribution in [0.4, 0.5) is 10.1 Å². The van der Waals surface area contributed by atoms with Crippen molar-refractivity contribution in [3.63, 3.8) is 0 Å². The third-order valence-corrected chi connectivity index (χ3v) is 7.77. The van der Waals surface area contributed by atoms with E-state index in [9.17, 15) is 18.8 Å². The van der Waals surface area contributed by atoms with Crippen molar-refractivity contribution in [1.29, 1.82) is 0 Å². The summed E-state index contributed by atoms with van der Waals surface area (Å²) >= 11 is 1.40. The summed E-state index contributed by atoms with van der Waals surface area (Å²) in [6, 6.07) is 16.8. The molecule has 1 aliphatic carbocycles. The van der Waals surface area contributed by atoms with Gasteiger partial charge in [0.25, 0.3) is 0 Å². The number of thiophene rings is 1. The molecule has 0 spiro atoms. The number of hydrogen-bond acceptors (Lipinski definition) is 8. The summed E-state index contributed by atoms with van der Waals surface area (Å²) in [5.41, 5.74) is 9.25. The normalized spacial score (nSPS) is 21.3. The molecule has 2 N–H and O–H groups in total. The third kappa shape index (κ3) is 4.18. The van der Waals surface area contributed by atoms with Crippen molar-refractivity contribution in [2.75, 3.05) is 19.1 Å². The van der Waals surface area contributed by atoms with Gasteiger partial charge in [-0.05, 0) is 52.6 Å². The summed E-state index contributed by atoms with van der Waals surface area (Å²) < 4.78 is 24.6. The molecule has 194 valence electrons. The van der Waals surface area contributed by atoms with E-state index in [0.29, 0.717) is 16.9 Å². The molecule has 38 heavy (non-hydrogen) atoms. The van der Waals surface area contributed by atoms with Crippen LogP contribution in [0.25, 0.3) is 0 Å². The smallest absolute Gasteiger partial charge is 0.338 e. The largest absolute Gasteiger partial charge is 0.468 e. The van der Waals surface area contributed by atoms with Gasteiger partial charge < -0.3 is 15.2 Å². The van der Waals surface area contributed by atoms with Crippen LogP contribution < -0.4 is 10.6 Å². The summed E-state index contributed by atoms with van der Waals surface area (Å²) in [4.78, 5) is 42.2. The minimum Gasteiger partial charge on any atom is -0.468 e. The monoisotopic (exact) mass is 532 g/mol. The minimum absolute atomic E-state index is 0.0357. The number of anilines is 1. The molecule has 2 aliphatic rings. The molecular weight excluding hydrogens is 507 g/mol. The van der Waals surface area contributed by atoms with Gasteiger partial charge >= 0.3 is 11.9 Å². The Bertz CT molecular complexity index is 1470. The van der Waals surface area contributed by atoms with E-state index in [-0.39, 0.29) is 23.4 Å². The number of Topliss-reactive ketones (excluding diaryl/α,β-unsaturated/α-hetero) is 1. The van der Waals surface area contributed by atoms with Crippen molar-refractivity contribution in [3.05, 3.63) is 111 Å². The number of methoxy groups -OCH3 is 2. The fraction of sp³-hybridized carbons (Fsp3) is 0.207. The molecule has 0 fully saturated rings. The van der Waals surface area contributed by atoms with E-state index >= 15 is 0 Å². The van der Waals surface area contributed by atoms with Crippen LogP contribution >= 0.6 is 11.3 Å². The van der Waals surface area contributed by atoms with Crippen molar-refractivity contribution < 1.29 is 28.2 Å². The number of nitrogens with zero attached hydrogens (tertiary/aromatic N) is 1. The number of ketones is 1. The van der Waals surface area contributed by atoms with Crippen LogP contribution in [0.1, 0.15) is 29.4 Å². The number of esters is 2. The first-order valence-corrected chi connectivity index (χ1v) is 12.9. The van der Waals surface area contributed by atoms with Crippen molar-refractivity contribution in [1.82, 2.24) is 0 Å². The first kappa shape index (κ1) is 25.4. The third-order valence-electron chi connectivity index (χ3n) is 7.07. The number of allylic oxidation sites excluding steroid dienone is 2. The van der Waals surface area contributed by atoms with Crippen molar-refractivity contribution >= 4 is 34.7 Å². The lowest BCUT2D eigenvalue weighted by Gasteiger charge is -2.43. The van der Waals surface area contributed by atoms with Crippen LogP contribution in [0.3, 0.4) is 0 Å². The predicted molar refractivity (Wildman–Crippen MR) is 141 cm³/mol. The van der Waals surface area contributed by atoms with Gasteiger partial charge in [-0.2, -0.15) is 11.3 Å². The van der Waals surface area contributed by atoms with Gasteiger partial charge in [-0.25, -0.2) is 9.18 Å². The zero-order valence-corrected chi connectivity index (χ0v) is 21.5. The summed E-state index contributed by atoms with van der Waals surface area (Å²) in [5, 5.41) is 3.66. The van der Waals surface area contributed by atoms with Gasteiger partial charge in [0.15, 0.2) is 5.78 Å². The predicted octanol–water partition coefficient (Wildman–Crippen LogP) is 4.63. The minimum atomic E-state index is -1.14. The highest BCUT2D eigenvalue weighted by Crippen LogP contribution is 2.51. The molecule has 0 unspecified atom stereocenters. The number of hydrogen-bond donors (Lipinski definition) is 1. The van der Waals surface area contributed by atoms with E-state index in [1.807, 2.05) is 41.1 Å². The van der Waals surface area contributed by atoms with E-state index in [4.69, 9.17) is 15.2 Å². The van der Waals surface area contributed by atoms with E-state index in [1.165, 1.54) is 48.7 Å². The molecule has 1 aliphatic heterocycles. The summed E-state index contributed by atoms with van der Waals surface area (Å²) in [7, 11) is 2.48. The second-order valence-corrected chi connectivity index (χ2v) is 9.82. The molecule has 3 atom stereocenters. The van der Waals surface area contributed by atoms with Gasteiger partial charge in [0.2, 0.25) is 0 Å². The average molecular weight is 533 g/mol. The molecule has 1 aromatic heterocycles. The fourth-order valence-electron chi connectivity index (χ4n) is 5.43. The maximum atomic E-state index is 14.4. The first-order valence-electron chi connectivity index (χ1n) is 11.9. The van der Waals surface area contributed by atoms with Crippen LogP contribution in [-0.4, -0.2) is 31.9 Å². The lowest BCUT2D eigenvalue weighted by molar-refractivity contribution is -0.150. The van der Waals surface area contributed by atoms with Gasteiger partial charge in [-0.15, -0.1) is 0 Å². The molecule has 0 bridgehead atoms. The first-order chi connectivity index (χ1) is 18.4. The topological polar surface area (TPSA) is 98.9 Å².